The quantitative estimate of drug-likeness (QED) is 0.849. The minimum atomic E-state index is -3.71. The maximum atomic E-state index is 13.5. The molecule has 1 aromatic rings. The molecule has 0 amide bonds. The fourth-order valence-corrected chi connectivity index (χ4v) is 2.51. The summed E-state index contributed by atoms with van der Waals surface area (Å²) in [5.74, 6) is -5.30. The molecule has 17 heavy (non-hydrogen) atoms. The smallest absolute Gasteiger partial charge is 0.379 e. The van der Waals surface area contributed by atoms with Crippen LogP contribution in [0.1, 0.15) is 17.8 Å². The summed E-state index contributed by atoms with van der Waals surface area (Å²) in [5, 5.41) is 1.62. The second kappa shape index (κ2) is 6.63. The Morgan fingerprint density at radius 1 is 1.71 bits per heavy atom. The standard InChI is InChI=1S/C9H10BrF2NO2S.ClH/c1-2-15-8(14)9(11,12)7(13)6-3-5(10)4-16-6;/h3-4,7H,2,13H2,1H3;1H/t7-;/m0./s1. The van der Waals surface area contributed by atoms with Gasteiger partial charge in [-0.3, -0.25) is 0 Å². The lowest BCUT2D eigenvalue weighted by Crippen LogP contribution is -2.41. The van der Waals surface area contributed by atoms with Gasteiger partial charge in [0.1, 0.15) is 6.04 Å². The van der Waals surface area contributed by atoms with Gasteiger partial charge in [-0.15, -0.1) is 23.7 Å². The van der Waals surface area contributed by atoms with Crippen LogP contribution in [0.2, 0.25) is 0 Å². The van der Waals surface area contributed by atoms with Gasteiger partial charge in [0.2, 0.25) is 0 Å². The minimum absolute atomic E-state index is 0. The highest BCUT2D eigenvalue weighted by Crippen LogP contribution is 2.35. The molecule has 3 nitrogen and oxygen atoms in total. The minimum Gasteiger partial charge on any atom is -0.462 e. The summed E-state index contributed by atoms with van der Waals surface area (Å²) in [5.41, 5.74) is 5.36. The van der Waals surface area contributed by atoms with E-state index in [1.54, 1.807) is 5.38 Å². The van der Waals surface area contributed by atoms with Crippen molar-refractivity contribution in [3.05, 3.63) is 20.8 Å². The monoisotopic (exact) mass is 349 g/mol. The zero-order valence-corrected chi connectivity index (χ0v) is 12.0. The SMILES string of the molecule is CCOC(=O)C(F)(F)[C@@H](N)c1cc(Br)cs1.Cl. The van der Waals surface area contributed by atoms with E-state index in [9.17, 15) is 13.6 Å². The normalized spacial score (nSPS) is 12.8. The van der Waals surface area contributed by atoms with Crippen LogP contribution in [0.25, 0.3) is 0 Å². The third-order valence-corrected chi connectivity index (χ3v) is 3.61. The van der Waals surface area contributed by atoms with E-state index in [4.69, 9.17) is 5.73 Å². The van der Waals surface area contributed by atoms with Crippen LogP contribution in [0, 0.1) is 0 Å². The van der Waals surface area contributed by atoms with Crippen LogP contribution in [-0.4, -0.2) is 18.5 Å². The van der Waals surface area contributed by atoms with Crippen molar-refractivity contribution in [2.45, 2.75) is 18.9 Å². The molecule has 1 atom stereocenters. The molecule has 2 N–H and O–H groups in total. The zero-order valence-electron chi connectivity index (χ0n) is 8.78. The number of hydrogen-bond donors (Lipinski definition) is 1. The predicted octanol–water partition coefficient (Wildman–Crippen LogP) is 3.13. The zero-order chi connectivity index (χ0) is 12.3. The first-order valence-corrected chi connectivity index (χ1v) is 6.11. The maximum Gasteiger partial charge on any atom is 0.379 e. The Morgan fingerprint density at radius 3 is 2.71 bits per heavy atom. The van der Waals surface area contributed by atoms with E-state index in [0.717, 1.165) is 11.3 Å². The third-order valence-electron chi connectivity index (χ3n) is 1.83. The Balaban J connectivity index is 0.00000256. The number of hydrogen-bond acceptors (Lipinski definition) is 4. The average Bonchev–Trinajstić information content (AvgIpc) is 2.64. The van der Waals surface area contributed by atoms with Gasteiger partial charge in [0.05, 0.1) is 6.61 Å². The van der Waals surface area contributed by atoms with E-state index >= 15 is 0 Å². The fourth-order valence-electron chi connectivity index (χ4n) is 1.02. The summed E-state index contributed by atoms with van der Waals surface area (Å²) in [6, 6.07) is -0.217. The lowest BCUT2D eigenvalue weighted by atomic mass is 10.1. The van der Waals surface area contributed by atoms with Crippen LogP contribution in [0.3, 0.4) is 0 Å². The number of nitrogens with two attached hydrogens (primary N) is 1. The number of alkyl halides is 2. The molecule has 0 aliphatic rings. The number of carbonyl (C=O) groups is 1. The Bertz CT molecular complexity index is 389. The summed E-state index contributed by atoms with van der Waals surface area (Å²) >= 11 is 4.19. The second-order valence-corrected chi connectivity index (χ2v) is 4.85. The van der Waals surface area contributed by atoms with Gasteiger partial charge in [0, 0.05) is 14.7 Å². The number of thiophene rings is 1. The molecule has 1 aromatic heterocycles. The van der Waals surface area contributed by atoms with E-state index < -0.39 is 17.9 Å². The summed E-state index contributed by atoms with van der Waals surface area (Å²) in [4.78, 5) is 11.3. The van der Waals surface area contributed by atoms with E-state index in [-0.39, 0.29) is 23.9 Å². The van der Waals surface area contributed by atoms with Crippen molar-refractivity contribution in [2.24, 2.45) is 5.73 Å². The summed E-state index contributed by atoms with van der Waals surface area (Å²) in [7, 11) is 0. The van der Waals surface area contributed by atoms with E-state index in [2.05, 4.69) is 20.7 Å². The molecule has 0 aliphatic carbocycles. The van der Waals surface area contributed by atoms with Gasteiger partial charge >= 0.3 is 11.9 Å². The lowest BCUT2D eigenvalue weighted by molar-refractivity contribution is -0.174. The molecule has 0 radical (unpaired) electrons. The third kappa shape index (κ3) is 3.87. The first-order chi connectivity index (χ1) is 7.39. The Hall–Kier alpha value is -0.240. The number of esters is 1. The first-order valence-electron chi connectivity index (χ1n) is 4.44. The Morgan fingerprint density at radius 2 is 2.29 bits per heavy atom. The van der Waals surface area contributed by atoms with Gasteiger partial charge < -0.3 is 10.5 Å². The largest absolute Gasteiger partial charge is 0.462 e. The molecule has 0 unspecified atom stereocenters. The van der Waals surface area contributed by atoms with Crippen LogP contribution in [-0.2, 0) is 9.53 Å². The van der Waals surface area contributed by atoms with Gasteiger partial charge in [-0.2, -0.15) is 8.78 Å². The molecule has 1 heterocycles. The van der Waals surface area contributed by atoms with Crippen molar-refractivity contribution < 1.29 is 18.3 Å². The van der Waals surface area contributed by atoms with Gasteiger partial charge in [-0.25, -0.2) is 4.79 Å². The fraction of sp³-hybridized carbons (Fsp3) is 0.444. The van der Waals surface area contributed by atoms with Crippen molar-refractivity contribution >= 4 is 45.6 Å². The molecule has 98 valence electrons. The van der Waals surface area contributed by atoms with Crippen LogP contribution >= 0.6 is 39.7 Å². The van der Waals surface area contributed by atoms with Crippen molar-refractivity contribution in [3.63, 3.8) is 0 Å². The number of carbonyl (C=O) groups excluding carboxylic acids is 1. The van der Waals surface area contributed by atoms with Crippen molar-refractivity contribution in [1.29, 1.82) is 0 Å². The van der Waals surface area contributed by atoms with Crippen molar-refractivity contribution in [1.82, 2.24) is 0 Å². The van der Waals surface area contributed by atoms with E-state index in [1.165, 1.54) is 13.0 Å². The molecule has 0 saturated heterocycles. The molecule has 0 saturated carbocycles. The molecule has 0 aromatic carbocycles. The second-order valence-electron chi connectivity index (χ2n) is 2.99. The van der Waals surface area contributed by atoms with E-state index in [0.29, 0.717) is 4.47 Å². The lowest BCUT2D eigenvalue weighted by Gasteiger charge is -2.20. The van der Waals surface area contributed by atoms with Gasteiger partial charge in [-0.1, -0.05) is 0 Å². The van der Waals surface area contributed by atoms with Crippen LogP contribution in [0.4, 0.5) is 8.78 Å². The summed E-state index contributed by atoms with van der Waals surface area (Å²) in [6.45, 7) is 1.36. The highest BCUT2D eigenvalue weighted by molar-refractivity contribution is 9.10. The van der Waals surface area contributed by atoms with Crippen molar-refractivity contribution in [2.75, 3.05) is 6.61 Å². The highest BCUT2D eigenvalue weighted by Gasteiger charge is 2.48. The first kappa shape index (κ1) is 16.8. The van der Waals surface area contributed by atoms with Crippen molar-refractivity contribution in [3.8, 4) is 0 Å². The van der Waals surface area contributed by atoms with Gasteiger partial charge in [-0.05, 0) is 28.9 Å². The van der Waals surface area contributed by atoms with Gasteiger partial charge in [0.25, 0.3) is 0 Å². The Labute approximate surface area is 116 Å². The van der Waals surface area contributed by atoms with Crippen LogP contribution < -0.4 is 5.73 Å². The summed E-state index contributed by atoms with van der Waals surface area (Å²) < 4.78 is 31.9. The molecule has 0 fully saturated rings. The number of rotatable bonds is 4. The molecule has 0 aliphatic heterocycles. The number of ether oxygens (including phenoxy) is 1. The molecule has 8 heteroatoms. The average molecular weight is 351 g/mol. The predicted molar refractivity (Wildman–Crippen MR) is 67.8 cm³/mol. The highest BCUT2D eigenvalue weighted by atomic mass is 79.9. The molecular weight excluding hydrogens is 340 g/mol. The maximum absolute atomic E-state index is 13.5. The molecular formula is C9H11BrClF2NO2S. The van der Waals surface area contributed by atoms with E-state index in [1.807, 2.05) is 0 Å². The molecule has 1 rings (SSSR count). The topological polar surface area (TPSA) is 52.3 Å². The van der Waals surface area contributed by atoms with Crippen LogP contribution in [0.15, 0.2) is 15.9 Å². The van der Waals surface area contributed by atoms with Gasteiger partial charge in [0.15, 0.2) is 0 Å². The Kier molecular flexibility index (Phi) is 6.53. The van der Waals surface area contributed by atoms with Crippen LogP contribution in [0.5, 0.6) is 0 Å². The summed E-state index contributed by atoms with van der Waals surface area (Å²) in [6.07, 6.45) is 0. The molecule has 0 bridgehead atoms. The molecule has 0 spiro atoms. The number of halogens is 4.